The average Bonchev–Trinajstić information content (AvgIpc) is 2.67. The fourth-order valence-corrected chi connectivity index (χ4v) is 2.03. The van der Waals surface area contributed by atoms with E-state index in [2.05, 4.69) is 31.9 Å². The molecule has 5 amide bonds. The van der Waals surface area contributed by atoms with E-state index in [1.54, 1.807) is 45.2 Å². The van der Waals surface area contributed by atoms with Gasteiger partial charge in [-0.15, -0.1) is 0 Å². The lowest BCUT2D eigenvalue weighted by Gasteiger charge is -2.18. The van der Waals surface area contributed by atoms with E-state index in [1.165, 1.54) is 0 Å². The van der Waals surface area contributed by atoms with Crippen LogP contribution in [0.15, 0.2) is 24.3 Å². The zero-order valence-corrected chi connectivity index (χ0v) is 16.3. The first-order valence-electron chi connectivity index (χ1n) is 8.96. The highest BCUT2D eigenvalue weighted by Crippen LogP contribution is 2.13. The van der Waals surface area contributed by atoms with E-state index in [1.807, 2.05) is 0 Å². The summed E-state index contributed by atoms with van der Waals surface area (Å²) in [6.07, 6.45) is 0.978. The Labute approximate surface area is 164 Å². The van der Waals surface area contributed by atoms with E-state index in [0.29, 0.717) is 11.4 Å². The number of amides is 5. The fraction of sp³-hybridized carbons (Fsp3) is 0.444. The van der Waals surface area contributed by atoms with Crippen molar-refractivity contribution < 1.29 is 19.2 Å². The Morgan fingerprint density at radius 3 is 2.00 bits per heavy atom. The van der Waals surface area contributed by atoms with Crippen LogP contribution in [0.4, 0.5) is 21.0 Å². The SMILES string of the molecule is CNC(C)C(=O)NC(C)CNC(=O)Nc1ccc(NC(=O)NCCC=O)cc1. The number of nitrogens with one attached hydrogen (secondary N) is 6. The molecule has 0 radical (unpaired) electrons. The van der Waals surface area contributed by atoms with Crippen LogP contribution in [-0.4, -0.2) is 56.5 Å². The lowest BCUT2D eigenvalue weighted by molar-refractivity contribution is -0.123. The van der Waals surface area contributed by atoms with E-state index >= 15 is 0 Å². The van der Waals surface area contributed by atoms with E-state index in [4.69, 9.17) is 0 Å². The van der Waals surface area contributed by atoms with Crippen molar-refractivity contribution in [2.45, 2.75) is 32.4 Å². The van der Waals surface area contributed by atoms with E-state index < -0.39 is 12.1 Å². The summed E-state index contributed by atoms with van der Waals surface area (Å²) in [4.78, 5) is 45.5. The third-order valence-electron chi connectivity index (χ3n) is 3.73. The van der Waals surface area contributed by atoms with Crippen LogP contribution in [0.1, 0.15) is 20.3 Å². The third-order valence-corrected chi connectivity index (χ3v) is 3.73. The normalized spacial score (nSPS) is 12.2. The van der Waals surface area contributed by atoms with Crippen molar-refractivity contribution in [3.63, 3.8) is 0 Å². The minimum atomic E-state index is -0.413. The molecule has 10 nitrogen and oxygen atoms in total. The van der Waals surface area contributed by atoms with Gasteiger partial charge in [-0.2, -0.15) is 0 Å². The summed E-state index contributed by atoms with van der Waals surface area (Å²) < 4.78 is 0. The number of carbonyl (C=O) groups is 4. The molecule has 0 spiro atoms. The Hall–Kier alpha value is -3.14. The summed E-state index contributed by atoms with van der Waals surface area (Å²) in [5, 5.41) is 16.1. The molecule has 1 aromatic carbocycles. The van der Waals surface area contributed by atoms with Crippen LogP contribution in [0.3, 0.4) is 0 Å². The number of anilines is 2. The van der Waals surface area contributed by atoms with Crippen LogP contribution in [0.2, 0.25) is 0 Å². The molecule has 2 atom stereocenters. The van der Waals surface area contributed by atoms with Gasteiger partial charge in [0.2, 0.25) is 5.91 Å². The summed E-state index contributed by atoms with van der Waals surface area (Å²) in [5.74, 6) is -0.143. The number of likely N-dealkylation sites (N-methyl/N-ethyl adjacent to an activating group) is 1. The predicted molar refractivity (Wildman–Crippen MR) is 107 cm³/mol. The second kappa shape index (κ2) is 12.3. The molecule has 0 bridgehead atoms. The number of hydrogen-bond acceptors (Lipinski definition) is 5. The molecule has 10 heteroatoms. The van der Waals surface area contributed by atoms with E-state index in [-0.39, 0.29) is 37.5 Å². The maximum Gasteiger partial charge on any atom is 0.319 e. The first-order chi connectivity index (χ1) is 13.3. The Morgan fingerprint density at radius 2 is 1.50 bits per heavy atom. The molecule has 2 unspecified atom stereocenters. The number of rotatable bonds is 10. The van der Waals surface area contributed by atoms with Gasteiger partial charge in [-0.05, 0) is 45.2 Å². The average molecular weight is 392 g/mol. The molecule has 0 fully saturated rings. The summed E-state index contributed by atoms with van der Waals surface area (Å²) in [6.45, 7) is 4.08. The highest BCUT2D eigenvalue weighted by atomic mass is 16.2. The zero-order valence-electron chi connectivity index (χ0n) is 16.3. The van der Waals surface area contributed by atoms with Crippen LogP contribution in [-0.2, 0) is 9.59 Å². The molecule has 0 aliphatic carbocycles. The molecule has 154 valence electrons. The molecule has 0 heterocycles. The van der Waals surface area contributed by atoms with Gasteiger partial charge < -0.3 is 36.7 Å². The highest BCUT2D eigenvalue weighted by molar-refractivity contribution is 5.91. The van der Waals surface area contributed by atoms with Crippen molar-refractivity contribution in [2.24, 2.45) is 0 Å². The minimum Gasteiger partial charge on any atom is -0.351 e. The van der Waals surface area contributed by atoms with Crippen LogP contribution >= 0.6 is 0 Å². The summed E-state index contributed by atoms with van der Waals surface area (Å²) in [5.41, 5.74) is 1.09. The maximum atomic E-state index is 11.9. The number of aldehydes is 1. The molecule has 0 aromatic heterocycles. The van der Waals surface area contributed by atoms with Crippen molar-refractivity contribution in [3.05, 3.63) is 24.3 Å². The van der Waals surface area contributed by atoms with Crippen LogP contribution in [0.25, 0.3) is 0 Å². The van der Waals surface area contributed by atoms with Crippen LogP contribution in [0.5, 0.6) is 0 Å². The zero-order chi connectivity index (χ0) is 20.9. The third kappa shape index (κ3) is 8.99. The number of urea groups is 2. The van der Waals surface area contributed by atoms with E-state index in [0.717, 1.165) is 6.29 Å². The standard InChI is InChI=1S/C18H28N6O4/c1-12(22-16(26)13(2)19-3)11-21-18(28)24-15-7-5-14(6-8-15)23-17(27)20-9-4-10-25/h5-8,10,12-13,19H,4,9,11H2,1-3H3,(H,22,26)(H2,20,23,27)(H2,21,24,28). The highest BCUT2D eigenvalue weighted by Gasteiger charge is 2.13. The molecule has 6 N–H and O–H groups in total. The lowest BCUT2D eigenvalue weighted by Crippen LogP contribution is -2.48. The largest absolute Gasteiger partial charge is 0.351 e. The van der Waals surface area contributed by atoms with E-state index in [9.17, 15) is 19.2 Å². The summed E-state index contributed by atoms with van der Waals surface area (Å²) >= 11 is 0. The molecule has 0 saturated heterocycles. The number of benzene rings is 1. The molecule has 1 aromatic rings. The molecular weight excluding hydrogens is 364 g/mol. The quantitative estimate of drug-likeness (QED) is 0.256. The van der Waals surface area contributed by atoms with Gasteiger partial charge >= 0.3 is 12.1 Å². The number of carbonyl (C=O) groups excluding carboxylic acids is 4. The van der Waals surface area contributed by atoms with Crippen molar-refractivity contribution in [3.8, 4) is 0 Å². The second-order valence-corrected chi connectivity index (χ2v) is 6.17. The van der Waals surface area contributed by atoms with Gasteiger partial charge in [-0.1, -0.05) is 0 Å². The summed E-state index contributed by atoms with van der Waals surface area (Å²) in [7, 11) is 1.70. The number of hydrogen-bond donors (Lipinski definition) is 6. The molecule has 0 aliphatic rings. The fourth-order valence-electron chi connectivity index (χ4n) is 2.03. The molecular formula is C18H28N6O4. The Morgan fingerprint density at radius 1 is 0.964 bits per heavy atom. The van der Waals surface area contributed by atoms with Gasteiger partial charge in [0.05, 0.1) is 6.04 Å². The smallest absolute Gasteiger partial charge is 0.319 e. The molecule has 1 rings (SSSR count). The first-order valence-corrected chi connectivity index (χ1v) is 8.96. The van der Waals surface area contributed by atoms with Crippen molar-refractivity contribution in [1.82, 2.24) is 21.3 Å². The maximum absolute atomic E-state index is 11.9. The van der Waals surface area contributed by atoms with Crippen LogP contribution < -0.4 is 31.9 Å². The Kier molecular flexibility index (Phi) is 10.0. The second-order valence-electron chi connectivity index (χ2n) is 6.17. The lowest BCUT2D eigenvalue weighted by atomic mass is 10.2. The van der Waals surface area contributed by atoms with Gasteiger partial charge in [-0.3, -0.25) is 4.79 Å². The predicted octanol–water partition coefficient (Wildman–Crippen LogP) is 0.631. The molecule has 0 aliphatic heterocycles. The van der Waals surface area contributed by atoms with Crippen molar-refractivity contribution >= 4 is 35.6 Å². The van der Waals surface area contributed by atoms with Gasteiger partial charge in [0, 0.05) is 36.9 Å². The summed E-state index contributed by atoms with van der Waals surface area (Å²) in [6, 6.07) is 5.20. The molecule has 28 heavy (non-hydrogen) atoms. The van der Waals surface area contributed by atoms with Crippen molar-refractivity contribution in [2.75, 3.05) is 30.8 Å². The van der Waals surface area contributed by atoms with Gasteiger partial charge in [0.1, 0.15) is 6.29 Å². The minimum absolute atomic E-state index is 0.143. The van der Waals surface area contributed by atoms with Crippen molar-refractivity contribution in [1.29, 1.82) is 0 Å². The molecule has 0 saturated carbocycles. The Bertz CT molecular complexity index is 665. The van der Waals surface area contributed by atoms with Gasteiger partial charge in [0.25, 0.3) is 0 Å². The van der Waals surface area contributed by atoms with Gasteiger partial charge in [-0.25, -0.2) is 9.59 Å². The first kappa shape index (κ1) is 22.9. The Balaban J connectivity index is 2.37. The van der Waals surface area contributed by atoms with Crippen LogP contribution in [0, 0.1) is 0 Å². The van der Waals surface area contributed by atoms with Gasteiger partial charge in [0.15, 0.2) is 0 Å². The topological polar surface area (TPSA) is 140 Å². The monoisotopic (exact) mass is 392 g/mol.